The van der Waals surface area contributed by atoms with Crippen LogP contribution >= 0.6 is 39.1 Å². The molecule has 1 atom stereocenters. The van der Waals surface area contributed by atoms with Gasteiger partial charge in [-0.1, -0.05) is 106 Å². The van der Waals surface area contributed by atoms with Crippen LogP contribution in [-0.2, 0) is 32.6 Å². The Morgan fingerprint density at radius 2 is 1.48 bits per heavy atom. The molecule has 0 saturated heterocycles. The second-order valence-corrected chi connectivity index (χ2v) is 12.9. The molecule has 2 amide bonds. The first-order chi connectivity index (χ1) is 20.1. The number of nitrogens with zero attached hydrogens (tertiary/aromatic N) is 2. The number of likely N-dealkylation sites (N-methyl/N-ethyl adjacent to an activating group) is 1. The summed E-state index contributed by atoms with van der Waals surface area (Å²) in [6.45, 7) is -0.584. The van der Waals surface area contributed by atoms with Crippen molar-refractivity contribution in [1.82, 2.24) is 10.2 Å². The molecule has 0 unspecified atom stereocenters. The van der Waals surface area contributed by atoms with Crippen molar-refractivity contribution >= 4 is 66.7 Å². The number of halogens is 3. The van der Waals surface area contributed by atoms with Crippen molar-refractivity contribution in [3.8, 4) is 0 Å². The molecule has 0 spiro atoms. The number of hydrogen-bond donors (Lipinski definition) is 1. The van der Waals surface area contributed by atoms with Gasteiger partial charge in [0.1, 0.15) is 12.6 Å². The molecule has 4 aromatic carbocycles. The Balaban J connectivity index is 1.81. The third-order valence-corrected chi connectivity index (χ3v) is 9.65. The highest BCUT2D eigenvalue weighted by molar-refractivity contribution is 9.10. The van der Waals surface area contributed by atoms with Crippen LogP contribution in [0.25, 0.3) is 0 Å². The molecule has 4 rings (SSSR count). The normalized spacial score (nSPS) is 11.9. The van der Waals surface area contributed by atoms with Gasteiger partial charge in [-0.15, -0.1) is 0 Å². The third-order valence-electron chi connectivity index (χ3n) is 6.57. The molecule has 4 aromatic rings. The first-order valence-electron chi connectivity index (χ1n) is 12.9. The molecule has 0 aliphatic heterocycles. The number of benzene rings is 4. The minimum absolute atomic E-state index is 0.0165. The Morgan fingerprint density at radius 1 is 0.857 bits per heavy atom. The van der Waals surface area contributed by atoms with Crippen LogP contribution in [0.4, 0.5) is 5.69 Å². The van der Waals surface area contributed by atoms with Crippen LogP contribution in [-0.4, -0.2) is 44.8 Å². The molecule has 42 heavy (non-hydrogen) atoms. The van der Waals surface area contributed by atoms with Gasteiger partial charge in [-0.25, -0.2) is 8.42 Å². The van der Waals surface area contributed by atoms with Crippen LogP contribution in [0.15, 0.2) is 112 Å². The second-order valence-electron chi connectivity index (χ2n) is 9.37. The molecule has 0 heterocycles. The Hall–Kier alpha value is -3.37. The molecule has 218 valence electrons. The number of amides is 2. The topological polar surface area (TPSA) is 86.8 Å². The van der Waals surface area contributed by atoms with E-state index in [1.54, 1.807) is 24.3 Å². The van der Waals surface area contributed by atoms with Crippen molar-refractivity contribution in [2.45, 2.75) is 23.9 Å². The Morgan fingerprint density at radius 3 is 2.12 bits per heavy atom. The maximum Gasteiger partial charge on any atom is 0.264 e. The van der Waals surface area contributed by atoms with E-state index in [4.69, 9.17) is 23.2 Å². The van der Waals surface area contributed by atoms with Gasteiger partial charge in [-0.3, -0.25) is 13.9 Å². The minimum Gasteiger partial charge on any atom is -0.357 e. The van der Waals surface area contributed by atoms with Crippen molar-refractivity contribution < 1.29 is 18.0 Å². The summed E-state index contributed by atoms with van der Waals surface area (Å²) in [5.74, 6) is -0.990. The van der Waals surface area contributed by atoms with Crippen molar-refractivity contribution in [2.75, 3.05) is 17.9 Å². The van der Waals surface area contributed by atoms with E-state index in [0.717, 1.165) is 19.9 Å². The smallest absolute Gasteiger partial charge is 0.264 e. The molecule has 0 fully saturated rings. The van der Waals surface area contributed by atoms with E-state index in [0.29, 0.717) is 0 Å². The summed E-state index contributed by atoms with van der Waals surface area (Å²) in [6.07, 6.45) is 0.212. The maximum absolute atomic E-state index is 14.3. The molecule has 0 aliphatic carbocycles. The van der Waals surface area contributed by atoms with Gasteiger partial charge in [0.25, 0.3) is 10.0 Å². The lowest BCUT2D eigenvalue weighted by Gasteiger charge is -2.34. The minimum atomic E-state index is -4.28. The van der Waals surface area contributed by atoms with Crippen molar-refractivity contribution in [2.24, 2.45) is 0 Å². The van der Waals surface area contributed by atoms with Crippen LogP contribution in [0, 0.1) is 0 Å². The average Bonchev–Trinajstić information content (AvgIpc) is 2.99. The van der Waals surface area contributed by atoms with E-state index in [2.05, 4.69) is 21.2 Å². The largest absolute Gasteiger partial charge is 0.357 e. The van der Waals surface area contributed by atoms with Crippen LogP contribution in [0.2, 0.25) is 10.0 Å². The highest BCUT2D eigenvalue weighted by Crippen LogP contribution is 2.35. The number of nitrogens with one attached hydrogen (secondary N) is 1. The van der Waals surface area contributed by atoms with Gasteiger partial charge in [0, 0.05) is 24.5 Å². The predicted molar refractivity (Wildman–Crippen MR) is 170 cm³/mol. The summed E-state index contributed by atoms with van der Waals surface area (Å²) >= 11 is 16.2. The van der Waals surface area contributed by atoms with Gasteiger partial charge in [0.2, 0.25) is 11.8 Å². The zero-order valence-corrected chi connectivity index (χ0v) is 26.5. The van der Waals surface area contributed by atoms with E-state index in [1.807, 2.05) is 54.6 Å². The molecule has 0 bridgehead atoms. The average molecular weight is 689 g/mol. The van der Waals surface area contributed by atoms with Crippen molar-refractivity contribution in [3.63, 3.8) is 0 Å². The molecule has 0 saturated carbocycles. The molecule has 0 aromatic heterocycles. The second kappa shape index (κ2) is 14.2. The van der Waals surface area contributed by atoms with Crippen LogP contribution in [0.5, 0.6) is 0 Å². The number of rotatable bonds is 11. The van der Waals surface area contributed by atoms with E-state index < -0.39 is 28.5 Å². The van der Waals surface area contributed by atoms with Crippen molar-refractivity contribution in [3.05, 3.63) is 129 Å². The third kappa shape index (κ3) is 7.52. The standard InChI is InChI=1S/C31H28BrCl2N3O4S/c1-35-31(39)28(19-22-10-4-2-5-11-22)36(20-23-12-8-13-24(32)18-23)29(38)21-37(27-17-9-16-26(33)30(27)34)42(40,41)25-14-6-3-7-15-25/h2-18,28H,19-21H2,1H3,(H,35,39)/t28-/m1/s1. The number of hydrogen-bond acceptors (Lipinski definition) is 4. The first kappa shape index (κ1) is 31.6. The number of anilines is 1. The molecular weight excluding hydrogens is 661 g/mol. The zero-order valence-electron chi connectivity index (χ0n) is 22.6. The van der Waals surface area contributed by atoms with Gasteiger partial charge < -0.3 is 10.2 Å². The van der Waals surface area contributed by atoms with Crippen LogP contribution in [0.1, 0.15) is 11.1 Å². The molecule has 7 nitrogen and oxygen atoms in total. The van der Waals surface area contributed by atoms with Crippen molar-refractivity contribution in [1.29, 1.82) is 0 Å². The van der Waals surface area contributed by atoms with Crippen LogP contribution < -0.4 is 9.62 Å². The fraction of sp³-hybridized carbons (Fsp3) is 0.161. The lowest BCUT2D eigenvalue weighted by molar-refractivity contribution is -0.139. The lowest BCUT2D eigenvalue weighted by atomic mass is 10.0. The summed E-state index contributed by atoms with van der Waals surface area (Å²) in [7, 11) is -2.78. The lowest BCUT2D eigenvalue weighted by Crippen LogP contribution is -2.53. The molecular formula is C31H28BrCl2N3O4S. The number of carbonyl (C=O) groups excluding carboxylic acids is 2. The highest BCUT2D eigenvalue weighted by atomic mass is 79.9. The van der Waals surface area contributed by atoms with E-state index in [1.165, 1.54) is 36.2 Å². The SMILES string of the molecule is CNC(=O)[C@@H](Cc1ccccc1)N(Cc1cccc(Br)c1)C(=O)CN(c1cccc(Cl)c1Cl)S(=O)(=O)c1ccccc1. The van der Waals surface area contributed by atoms with Gasteiger partial charge in [-0.05, 0) is 47.5 Å². The summed E-state index contributed by atoms with van der Waals surface area (Å²) in [4.78, 5) is 29.0. The van der Waals surface area contributed by atoms with Gasteiger partial charge in [0.15, 0.2) is 0 Å². The Kier molecular flexibility index (Phi) is 10.7. The highest BCUT2D eigenvalue weighted by Gasteiger charge is 2.35. The van der Waals surface area contributed by atoms with E-state index in [9.17, 15) is 18.0 Å². The number of sulfonamides is 1. The molecule has 0 radical (unpaired) electrons. The summed E-state index contributed by atoms with van der Waals surface area (Å²) in [5, 5.41) is 2.78. The summed E-state index contributed by atoms with van der Waals surface area (Å²) < 4.78 is 29.7. The Labute approximate surface area is 264 Å². The van der Waals surface area contributed by atoms with Gasteiger partial charge >= 0.3 is 0 Å². The van der Waals surface area contributed by atoms with Crippen LogP contribution in [0.3, 0.4) is 0 Å². The monoisotopic (exact) mass is 687 g/mol. The van der Waals surface area contributed by atoms with E-state index >= 15 is 0 Å². The zero-order chi connectivity index (χ0) is 30.3. The fourth-order valence-corrected chi connectivity index (χ4v) is 6.81. The summed E-state index contributed by atoms with van der Waals surface area (Å²) in [5.41, 5.74) is 1.63. The maximum atomic E-state index is 14.3. The predicted octanol–water partition coefficient (Wildman–Crippen LogP) is 6.34. The van der Waals surface area contributed by atoms with E-state index in [-0.39, 0.29) is 39.5 Å². The first-order valence-corrected chi connectivity index (χ1v) is 15.9. The summed E-state index contributed by atoms with van der Waals surface area (Å²) in [6, 6.07) is 28.1. The van der Waals surface area contributed by atoms with Gasteiger partial charge in [-0.2, -0.15) is 0 Å². The van der Waals surface area contributed by atoms with Gasteiger partial charge in [0.05, 0.1) is 20.6 Å². The molecule has 1 N–H and O–H groups in total. The molecule has 11 heteroatoms. The number of carbonyl (C=O) groups is 2. The Bertz CT molecular complexity index is 1660. The fourth-order valence-electron chi connectivity index (χ4n) is 4.47. The quantitative estimate of drug-likeness (QED) is 0.199. The molecule has 0 aliphatic rings.